The molecule has 8 nitrogen and oxygen atoms in total. The third kappa shape index (κ3) is 3.25. The number of ether oxygens (including phenoxy) is 2. The van der Waals surface area contributed by atoms with Gasteiger partial charge in [0, 0.05) is 11.1 Å². The Hall–Kier alpha value is -3.49. The number of aromatic nitrogens is 1. The van der Waals surface area contributed by atoms with Crippen LogP contribution in [-0.2, 0) is 0 Å². The molecule has 10 heteroatoms. The molecular formula is C23H16Cl2N2O6. The molecule has 0 fully saturated rings. The fourth-order valence-electron chi connectivity index (χ4n) is 4.04. The molecule has 0 spiro atoms. The molecule has 0 radical (unpaired) electrons. The van der Waals surface area contributed by atoms with Gasteiger partial charge in [0.1, 0.15) is 5.76 Å². The van der Waals surface area contributed by atoms with Gasteiger partial charge < -0.3 is 18.4 Å². The van der Waals surface area contributed by atoms with Crippen molar-refractivity contribution in [2.75, 3.05) is 19.1 Å². The highest BCUT2D eigenvalue weighted by Gasteiger charge is 2.45. The van der Waals surface area contributed by atoms with Crippen molar-refractivity contribution in [1.29, 1.82) is 0 Å². The van der Waals surface area contributed by atoms with Gasteiger partial charge in [-0.25, -0.2) is 0 Å². The van der Waals surface area contributed by atoms with Crippen LogP contribution in [0.5, 0.6) is 11.5 Å². The Morgan fingerprint density at radius 3 is 2.45 bits per heavy atom. The maximum Gasteiger partial charge on any atom is 0.296 e. The van der Waals surface area contributed by atoms with Crippen LogP contribution in [0.4, 0.5) is 5.82 Å². The number of carbonyl (C=O) groups is 1. The molecule has 1 aliphatic heterocycles. The zero-order valence-corrected chi connectivity index (χ0v) is 19.2. The van der Waals surface area contributed by atoms with E-state index < -0.39 is 17.4 Å². The highest BCUT2D eigenvalue weighted by molar-refractivity contribution is 6.38. The Bertz CT molecular complexity index is 1490. The van der Waals surface area contributed by atoms with Crippen molar-refractivity contribution < 1.29 is 23.2 Å². The Morgan fingerprint density at radius 1 is 1.03 bits per heavy atom. The highest BCUT2D eigenvalue weighted by Crippen LogP contribution is 2.43. The molecule has 0 N–H and O–H groups in total. The van der Waals surface area contributed by atoms with Crippen molar-refractivity contribution in [2.45, 2.75) is 13.0 Å². The number of nitrogens with zero attached hydrogens (tertiary/aromatic N) is 2. The highest BCUT2D eigenvalue weighted by atomic mass is 35.5. The zero-order valence-electron chi connectivity index (χ0n) is 17.6. The summed E-state index contributed by atoms with van der Waals surface area (Å²) in [7, 11) is 3.02. The Labute approximate surface area is 197 Å². The number of benzene rings is 2. The number of amides is 1. The first-order valence-corrected chi connectivity index (χ1v) is 10.5. The lowest BCUT2D eigenvalue weighted by Crippen LogP contribution is -2.29. The van der Waals surface area contributed by atoms with Crippen LogP contribution in [0.25, 0.3) is 11.0 Å². The van der Waals surface area contributed by atoms with Gasteiger partial charge in [0.15, 0.2) is 28.3 Å². The summed E-state index contributed by atoms with van der Waals surface area (Å²) in [6.07, 6.45) is 0. The molecule has 1 atom stereocenters. The van der Waals surface area contributed by atoms with Gasteiger partial charge in [-0.1, -0.05) is 34.4 Å². The molecule has 3 heterocycles. The minimum Gasteiger partial charge on any atom is -0.493 e. The number of methoxy groups -OCH3 is 2. The summed E-state index contributed by atoms with van der Waals surface area (Å²) in [6, 6.07) is 8.78. The van der Waals surface area contributed by atoms with Gasteiger partial charge in [-0.3, -0.25) is 14.5 Å². The van der Waals surface area contributed by atoms with Gasteiger partial charge >= 0.3 is 0 Å². The predicted octanol–water partition coefficient (Wildman–Crippen LogP) is 5.16. The quantitative estimate of drug-likeness (QED) is 0.392. The molecule has 0 saturated heterocycles. The second-order valence-corrected chi connectivity index (χ2v) is 8.27. The molecule has 5 rings (SSSR count). The van der Waals surface area contributed by atoms with Crippen LogP contribution < -0.4 is 19.8 Å². The summed E-state index contributed by atoms with van der Waals surface area (Å²) < 4.78 is 21.8. The van der Waals surface area contributed by atoms with Crippen molar-refractivity contribution in [1.82, 2.24) is 5.16 Å². The Morgan fingerprint density at radius 2 is 1.79 bits per heavy atom. The summed E-state index contributed by atoms with van der Waals surface area (Å²) in [5.74, 6) is 0.984. The molecule has 1 aliphatic rings. The first kappa shape index (κ1) is 21.4. The Balaban J connectivity index is 1.83. The second-order valence-electron chi connectivity index (χ2n) is 7.43. The van der Waals surface area contributed by atoms with Gasteiger partial charge in [-0.2, -0.15) is 0 Å². The van der Waals surface area contributed by atoms with Crippen LogP contribution in [0.2, 0.25) is 10.0 Å². The number of anilines is 1. The van der Waals surface area contributed by atoms with Crippen LogP contribution in [0, 0.1) is 6.92 Å². The third-order valence-electron chi connectivity index (χ3n) is 5.48. The van der Waals surface area contributed by atoms with Crippen molar-refractivity contribution in [3.05, 3.63) is 79.3 Å². The third-order valence-corrected chi connectivity index (χ3v) is 5.98. The second kappa shape index (κ2) is 7.83. The first-order valence-electron chi connectivity index (χ1n) is 9.78. The average molecular weight is 487 g/mol. The molecule has 2 aromatic heterocycles. The fourth-order valence-corrected chi connectivity index (χ4v) is 4.57. The Kier molecular flexibility index (Phi) is 5.07. The van der Waals surface area contributed by atoms with E-state index in [1.54, 1.807) is 31.2 Å². The number of hydrogen-bond acceptors (Lipinski definition) is 7. The summed E-state index contributed by atoms with van der Waals surface area (Å²) in [6.45, 7) is 1.70. The summed E-state index contributed by atoms with van der Waals surface area (Å²) >= 11 is 12.4. The van der Waals surface area contributed by atoms with Gasteiger partial charge in [-0.15, -0.1) is 0 Å². The van der Waals surface area contributed by atoms with E-state index in [0.29, 0.717) is 22.8 Å². The molecule has 0 saturated carbocycles. The van der Waals surface area contributed by atoms with E-state index in [1.165, 1.54) is 31.3 Å². The van der Waals surface area contributed by atoms with Gasteiger partial charge in [0.05, 0.1) is 36.2 Å². The van der Waals surface area contributed by atoms with E-state index in [9.17, 15) is 9.59 Å². The lowest BCUT2D eigenvalue weighted by Gasteiger charge is -2.23. The van der Waals surface area contributed by atoms with E-state index in [4.69, 9.17) is 41.6 Å². The number of aryl methyl sites for hydroxylation is 1. The van der Waals surface area contributed by atoms with Crippen LogP contribution in [0.15, 0.2) is 50.1 Å². The minimum absolute atomic E-state index is 0.0856. The van der Waals surface area contributed by atoms with Crippen LogP contribution in [-0.4, -0.2) is 25.3 Å². The van der Waals surface area contributed by atoms with E-state index in [-0.39, 0.29) is 38.2 Å². The lowest BCUT2D eigenvalue weighted by atomic mass is 9.98. The van der Waals surface area contributed by atoms with Crippen LogP contribution in [0.3, 0.4) is 0 Å². The average Bonchev–Trinajstić information content (AvgIpc) is 3.35. The van der Waals surface area contributed by atoms with Crippen molar-refractivity contribution in [3.63, 3.8) is 0 Å². The number of fused-ring (bicyclic) bond motifs is 2. The van der Waals surface area contributed by atoms with Gasteiger partial charge in [0.25, 0.3) is 5.91 Å². The number of rotatable bonds is 4. The van der Waals surface area contributed by atoms with E-state index in [1.807, 2.05) is 0 Å². The SMILES string of the molecule is COc1ccc(C2c3c(oc4c(Cl)cc(Cl)cc4c3=O)C(=O)N2c2cc(C)on2)cc1OC. The number of carbonyl (C=O) groups excluding carboxylic acids is 1. The van der Waals surface area contributed by atoms with Crippen molar-refractivity contribution >= 4 is 45.9 Å². The van der Waals surface area contributed by atoms with Gasteiger partial charge in [-0.05, 0) is 36.8 Å². The van der Waals surface area contributed by atoms with Gasteiger partial charge in [0.2, 0.25) is 5.76 Å². The molecular weight excluding hydrogens is 471 g/mol. The van der Waals surface area contributed by atoms with Crippen LogP contribution >= 0.6 is 23.2 Å². The summed E-state index contributed by atoms with van der Waals surface area (Å²) in [5, 5.41) is 4.57. The standard InChI is InChI=1S/C23H16Cl2N2O6/c1-10-6-17(26-33-10)27-19(11-4-5-15(30-2)16(7-11)31-3)18-20(28)13-8-12(24)9-14(25)21(13)32-22(18)23(27)29/h4-9,19H,1-3H3. The monoisotopic (exact) mass is 486 g/mol. The normalized spacial score (nSPS) is 15.2. The van der Waals surface area contributed by atoms with Crippen molar-refractivity contribution in [2.24, 2.45) is 0 Å². The lowest BCUT2D eigenvalue weighted by molar-refractivity contribution is 0.0969. The molecule has 168 valence electrons. The predicted molar refractivity (Wildman–Crippen MR) is 122 cm³/mol. The summed E-state index contributed by atoms with van der Waals surface area (Å²) in [5.41, 5.74) is 0.382. The zero-order chi connectivity index (χ0) is 23.4. The molecule has 0 aliphatic carbocycles. The number of hydrogen-bond donors (Lipinski definition) is 0. The fraction of sp³-hybridized carbons (Fsp3) is 0.174. The molecule has 0 bridgehead atoms. The number of halogens is 2. The van der Waals surface area contributed by atoms with E-state index in [2.05, 4.69) is 5.16 Å². The maximum absolute atomic E-state index is 13.7. The van der Waals surface area contributed by atoms with E-state index >= 15 is 0 Å². The van der Waals surface area contributed by atoms with E-state index in [0.717, 1.165) is 0 Å². The van der Waals surface area contributed by atoms with Crippen LogP contribution in [0.1, 0.15) is 33.5 Å². The smallest absolute Gasteiger partial charge is 0.296 e. The first-order chi connectivity index (χ1) is 15.8. The minimum atomic E-state index is -0.866. The maximum atomic E-state index is 13.7. The molecule has 1 unspecified atom stereocenters. The topological polar surface area (TPSA) is 95.0 Å². The largest absolute Gasteiger partial charge is 0.493 e. The molecule has 2 aromatic carbocycles. The van der Waals surface area contributed by atoms with Crippen molar-refractivity contribution in [3.8, 4) is 11.5 Å². The molecule has 1 amide bonds. The molecule has 33 heavy (non-hydrogen) atoms. The summed E-state index contributed by atoms with van der Waals surface area (Å²) in [4.78, 5) is 28.5. The molecule has 4 aromatic rings.